The Labute approximate surface area is 134 Å². The number of carbonyl (C=O) groups excluding carboxylic acids is 1. The molecule has 0 aliphatic carbocycles. The van der Waals surface area contributed by atoms with Crippen LogP contribution in [0.1, 0.15) is 15.9 Å². The number of carbonyl (C=O) groups is 1. The lowest BCUT2D eigenvalue weighted by atomic mass is 10.1. The summed E-state index contributed by atoms with van der Waals surface area (Å²) in [5, 5.41) is 15.5. The van der Waals surface area contributed by atoms with Crippen molar-refractivity contribution in [2.45, 2.75) is 4.90 Å². The van der Waals surface area contributed by atoms with Crippen LogP contribution in [0.25, 0.3) is 0 Å². The van der Waals surface area contributed by atoms with Crippen LogP contribution >= 0.6 is 0 Å². The molecule has 0 atom stereocenters. The normalized spacial score (nSPS) is 11.0. The van der Waals surface area contributed by atoms with E-state index in [-0.39, 0.29) is 5.69 Å². The topological polar surface area (TPSA) is 113 Å². The second-order valence-corrected chi connectivity index (χ2v) is 6.07. The minimum absolute atomic E-state index is 0.113. The molecule has 0 aliphatic heterocycles. The summed E-state index contributed by atoms with van der Waals surface area (Å²) in [6, 6.07) is 5.58. The van der Waals surface area contributed by atoms with Crippen LogP contribution in [0.3, 0.4) is 0 Å². The van der Waals surface area contributed by atoms with Crippen molar-refractivity contribution in [3.8, 4) is 6.07 Å². The molecular weight excluding hydrogens is 347 g/mol. The number of nitriles is 1. The molecule has 0 aliphatic rings. The standard InChI is InChI=1S/C14H8F3N3O3S/c15-9-2-1-8(5-7(9)6-18)20-14(21)12-10(16)3-4-11(13(12)17)24(19,22)23/h1-5H,(H,20,21)(H2,19,22,23). The third kappa shape index (κ3) is 3.37. The Bertz CT molecular complexity index is 985. The SMILES string of the molecule is N#Cc1cc(NC(=O)c2c(F)ccc(S(N)(=O)=O)c2F)ccc1F. The average molecular weight is 355 g/mol. The number of nitrogens with one attached hydrogen (secondary N) is 1. The second-order valence-electron chi connectivity index (χ2n) is 4.54. The van der Waals surface area contributed by atoms with Gasteiger partial charge in [0, 0.05) is 5.69 Å². The van der Waals surface area contributed by atoms with Crippen molar-refractivity contribution < 1.29 is 26.4 Å². The molecule has 2 aromatic rings. The van der Waals surface area contributed by atoms with Gasteiger partial charge in [-0.25, -0.2) is 26.7 Å². The summed E-state index contributed by atoms with van der Waals surface area (Å²) >= 11 is 0. The molecule has 0 radical (unpaired) electrons. The maximum absolute atomic E-state index is 14.1. The number of primary sulfonamides is 1. The molecule has 2 rings (SSSR count). The summed E-state index contributed by atoms with van der Waals surface area (Å²) in [5.41, 5.74) is -1.69. The van der Waals surface area contributed by atoms with Crippen LogP contribution in [0.2, 0.25) is 0 Å². The van der Waals surface area contributed by atoms with Crippen molar-refractivity contribution in [1.29, 1.82) is 5.26 Å². The maximum atomic E-state index is 14.1. The van der Waals surface area contributed by atoms with E-state index in [1.165, 1.54) is 6.07 Å². The molecule has 24 heavy (non-hydrogen) atoms. The lowest BCUT2D eigenvalue weighted by molar-refractivity contribution is 0.101. The molecule has 124 valence electrons. The number of hydrogen-bond acceptors (Lipinski definition) is 4. The summed E-state index contributed by atoms with van der Waals surface area (Å²) in [6.45, 7) is 0. The Kier molecular flexibility index (Phi) is 4.59. The Morgan fingerprint density at radius 2 is 1.75 bits per heavy atom. The zero-order valence-corrected chi connectivity index (χ0v) is 12.5. The predicted molar refractivity (Wildman–Crippen MR) is 76.8 cm³/mol. The van der Waals surface area contributed by atoms with E-state index < -0.39 is 49.4 Å². The van der Waals surface area contributed by atoms with Crippen LogP contribution in [0.5, 0.6) is 0 Å². The molecule has 0 saturated carbocycles. The number of nitrogens with zero attached hydrogens (tertiary/aromatic N) is 1. The van der Waals surface area contributed by atoms with Crippen LogP contribution in [-0.4, -0.2) is 14.3 Å². The van der Waals surface area contributed by atoms with E-state index in [1.54, 1.807) is 0 Å². The molecule has 6 nitrogen and oxygen atoms in total. The van der Waals surface area contributed by atoms with Crippen molar-refractivity contribution in [2.24, 2.45) is 5.14 Å². The van der Waals surface area contributed by atoms with Gasteiger partial charge in [0.15, 0.2) is 5.82 Å². The molecule has 1 amide bonds. The summed E-state index contributed by atoms with van der Waals surface area (Å²) in [5.74, 6) is -5.15. The quantitative estimate of drug-likeness (QED) is 0.875. The van der Waals surface area contributed by atoms with Gasteiger partial charge in [0.05, 0.1) is 5.56 Å². The van der Waals surface area contributed by atoms with E-state index >= 15 is 0 Å². The molecule has 0 heterocycles. The lowest BCUT2D eigenvalue weighted by Gasteiger charge is -2.10. The van der Waals surface area contributed by atoms with Crippen LogP contribution in [0.4, 0.5) is 18.9 Å². The maximum Gasteiger partial charge on any atom is 0.261 e. The number of sulfonamides is 1. The lowest BCUT2D eigenvalue weighted by Crippen LogP contribution is -2.20. The zero-order valence-electron chi connectivity index (χ0n) is 11.7. The number of hydrogen-bond donors (Lipinski definition) is 2. The number of halogens is 3. The van der Waals surface area contributed by atoms with E-state index in [1.807, 2.05) is 5.32 Å². The first-order chi connectivity index (χ1) is 11.1. The molecule has 0 unspecified atom stereocenters. The Hall–Kier alpha value is -2.90. The van der Waals surface area contributed by atoms with Crippen molar-refractivity contribution in [3.05, 3.63) is 58.9 Å². The van der Waals surface area contributed by atoms with Gasteiger partial charge in [0.2, 0.25) is 10.0 Å². The van der Waals surface area contributed by atoms with Crippen molar-refractivity contribution in [1.82, 2.24) is 0 Å². The predicted octanol–water partition coefficient (Wildman–Crippen LogP) is 1.88. The van der Waals surface area contributed by atoms with Gasteiger partial charge in [-0.2, -0.15) is 5.26 Å². The van der Waals surface area contributed by atoms with Gasteiger partial charge in [0.25, 0.3) is 5.91 Å². The summed E-state index contributed by atoms with van der Waals surface area (Å²) in [6.07, 6.45) is 0. The Balaban J connectivity index is 2.46. The third-order valence-electron chi connectivity index (χ3n) is 2.93. The van der Waals surface area contributed by atoms with E-state index in [0.29, 0.717) is 12.1 Å². The Morgan fingerprint density at radius 3 is 2.33 bits per heavy atom. The molecule has 0 bridgehead atoms. The van der Waals surface area contributed by atoms with Crippen molar-refractivity contribution in [2.75, 3.05) is 5.32 Å². The second kappa shape index (κ2) is 6.31. The number of benzene rings is 2. The fourth-order valence-corrected chi connectivity index (χ4v) is 2.45. The van der Waals surface area contributed by atoms with Gasteiger partial charge in [-0.05, 0) is 30.3 Å². The minimum Gasteiger partial charge on any atom is -0.322 e. The van der Waals surface area contributed by atoms with Crippen LogP contribution in [0.15, 0.2) is 35.2 Å². The third-order valence-corrected chi connectivity index (χ3v) is 3.86. The summed E-state index contributed by atoms with van der Waals surface area (Å²) in [4.78, 5) is 11.0. The number of anilines is 1. The van der Waals surface area contributed by atoms with Crippen LogP contribution in [0, 0.1) is 28.8 Å². The highest BCUT2D eigenvalue weighted by Crippen LogP contribution is 2.22. The van der Waals surface area contributed by atoms with E-state index in [9.17, 15) is 26.4 Å². The molecular formula is C14H8F3N3O3S. The van der Waals surface area contributed by atoms with Crippen LogP contribution < -0.4 is 10.5 Å². The molecule has 10 heteroatoms. The highest BCUT2D eigenvalue weighted by Gasteiger charge is 2.25. The van der Waals surface area contributed by atoms with Gasteiger partial charge in [-0.15, -0.1) is 0 Å². The van der Waals surface area contributed by atoms with Gasteiger partial charge < -0.3 is 5.32 Å². The average Bonchev–Trinajstić information content (AvgIpc) is 2.47. The first-order valence-electron chi connectivity index (χ1n) is 6.17. The van der Waals surface area contributed by atoms with Crippen LogP contribution in [-0.2, 0) is 10.0 Å². The fraction of sp³-hybridized carbons (Fsp3) is 0. The van der Waals surface area contributed by atoms with Gasteiger partial charge >= 0.3 is 0 Å². The molecule has 0 saturated heterocycles. The van der Waals surface area contributed by atoms with E-state index in [0.717, 1.165) is 18.2 Å². The molecule has 0 aromatic heterocycles. The molecule has 2 aromatic carbocycles. The van der Waals surface area contributed by atoms with Crippen molar-refractivity contribution in [3.63, 3.8) is 0 Å². The Morgan fingerprint density at radius 1 is 1.12 bits per heavy atom. The largest absolute Gasteiger partial charge is 0.322 e. The fourth-order valence-electron chi connectivity index (χ4n) is 1.84. The summed E-state index contributed by atoms with van der Waals surface area (Å²) < 4.78 is 63.5. The summed E-state index contributed by atoms with van der Waals surface area (Å²) in [7, 11) is -4.51. The monoisotopic (exact) mass is 355 g/mol. The molecule has 0 fully saturated rings. The van der Waals surface area contributed by atoms with E-state index in [2.05, 4.69) is 0 Å². The first-order valence-corrected chi connectivity index (χ1v) is 7.71. The molecule has 3 N–H and O–H groups in total. The van der Waals surface area contributed by atoms with Gasteiger partial charge in [-0.1, -0.05) is 0 Å². The highest BCUT2D eigenvalue weighted by molar-refractivity contribution is 7.89. The minimum atomic E-state index is -4.51. The van der Waals surface area contributed by atoms with Crippen molar-refractivity contribution >= 4 is 21.6 Å². The van der Waals surface area contributed by atoms with Gasteiger partial charge in [0.1, 0.15) is 28.2 Å². The number of amides is 1. The molecule has 0 spiro atoms. The highest BCUT2D eigenvalue weighted by atomic mass is 32.2. The number of nitrogens with two attached hydrogens (primary N) is 1. The zero-order chi connectivity index (χ0) is 18.1. The van der Waals surface area contributed by atoms with E-state index in [4.69, 9.17) is 10.4 Å². The van der Waals surface area contributed by atoms with Gasteiger partial charge in [-0.3, -0.25) is 4.79 Å². The first kappa shape index (κ1) is 17.5. The smallest absolute Gasteiger partial charge is 0.261 e. The number of rotatable bonds is 3.